The Labute approximate surface area is 123 Å². The van der Waals surface area contributed by atoms with E-state index in [-0.39, 0.29) is 5.91 Å². The molecule has 0 spiro atoms. The van der Waals surface area contributed by atoms with Crippen LogP contribution in [0.2, 0.25) is 0 Å². The Hall–Kier alpha value is -1.81. The quantitative estimate of drug-likeness (QED) is 0.888. The largest absolute Gasteiger partial charge is 0.352 e. The molecule has 1 aromatic carbocycles. The van der Waals surface area contributed by atoms with Crippen LogP contribution in [-0.2, 0) is 12.2 Å². The predicted octanol–water partition coefficient (Wildman–Crippen LogP) is 2.92. The summed E-state index contributed by atoms with van der Waals surface area (Å²) in [6.07, 6.45) is 4.57. The topological polar surface area (TPSA) is 42.0 Å². The highest BCUT2D eigenvalue weighted by atomic mass is 32.2. The van der Waals surface area contributed by atoms with Crippen molar-refractivity contribution < 1.29 is 4.79 Å². The zero-order valence-corrected chi connectivity index (χ0v) is 12.3. The van der Waals surface area contributed by atoms with E-state index in [1.165, 1.54) is 5.56 Å². The van der Waals surface area contributed by atoms with Crippen LogP contribution in [0, 0.1) is 0 Å². The third kappa shape index (κ3) is 4.38. The van der Waals surface area contributed by atoms with Gasteiger partial charge in [-0.1, -0.05) is 18.2 Å². The summed E-state index contributed by atoms with van der Waals surface area (Å²) in [6, 6.07) is 13.6. The summed E-state index contributed by atoms with van der Waals surface area (Å²) < 4.78 is 0. The average Bonchev–Trinajstić information content (AvgIpc) is 2.49. The predicted molar refractivity (Wildman–Crippen MR) is 83.9 cm³/mol. The number of carbonyl (C=O) groups excluding carboxylic acids is 1. The number of nitrogens with zero attached hydrogens (tertiary/aromatic N) is 1. The average molecular weight is 286 g/mol. The maximum atomic E-state index is 12.1. The highest BCUT2D eigenvalue weighted by molar-refractivity contribution is 7.97. The molecule has 1 heterocycles. The molecule has 0 atom stereocenters. The first-order valence-corrected chi connectivity index (χ1v) is 7.95. The number of benzene rings is 1. The molecule has 1 aromatic heterocycles. The number of rotatable bonds is 6. The summed E-state index contributed by atoms with van der Waals surface area (Å²) in [6.45, 7) is 0.600. The van der Waals surface area contributed by atoms with E-state index in [2.05, 4.69) is 16.6 Å². The normalized spacial score (nSPS) is 10.2. The fourth-order valence-electron chi connectivity index (χ4n) is 1.92. The van der Waals surface area contributed by atoms with Crippen molar-refractivity contribution in [3.05, 3.63) is 65.5 Å². The van der Waals surface area contributed by atoms with E-state index in [9.17, 15) is 4.79 Å². The fraction of sp³-hybridized carbons (Fsp3) is 0.250. The Balaban J connectivity index is 1.87. The molecule has 0 fully saturated rings. The van der Waals surface area contributed by atoms with Crippen LogP contribution in [0.3, 0.4) is 0 Å². The molecule has 20 heavy (non-hydrogen) atoms. The molecular formula is C16H18N2OS. The van der Waals surface area contributed by atoms with Crippen LogP contribution in [0.25, 0.3) is 0 Å². The minimum Gasteiger partial charge on any atom is -0.352 e. The van der Waals surface area contributed by atoms with Gasteiger partial charge in [0.1, 0.15) is 0 Å². The number of hydrogen-bond acceptors (Lipinski definition) is 3. The summed E-state index contributed by atoms with van der Waals surface area (Å²) in [7, 11) is 0. The molecule has 0 saturated heterocycles. The number of carbonyl (C=O) groups is 1. The van der Waals surface area contributed by atoms with Gasteiger partial charge < -0.3 is 5.32 Å². The zero-order valence-electron chi connectivity index (χ0n) is 11.5. The van der Waals surface area contributed by atoms with Crippen LogP contribution in [-0.4, -0.2) is 23.7 Å². The molecule has 0 aliphatic carbocycles. The van der Waals surface area contributed by atoms with E-state index in [0.29, 0.717) is 6.54 Å². The standard InChI is InChI=1S/C16H18N2OS/c1-20-12-13-5-4-6-14(11-13)16(19)18-10-8-15-7-2-3-9-17-15/h2-7,9,11H,8,10,12H2,1H3,(H,18,19). The van der Waals surface area contributed by atoms with Gasteiger partial charge in [-0.05, 0) is 36.1 Å². The van der Waals surface area contributed by atoms with Gasteiger partial charge in [0.25, 0.3) is 5.91 Å². The second-order valence-electron chi connectivity index (χ2n) is 4.46. The van der Waals surface area contributed by atoms with E-state index >= 15 is 0 Å². The van der Waals surface area contributed by atoms with E-state index in [0.717, 1.165) is 23.4 Å². The van der Waals surface area contributed by atoms with Crippen molar-refractivity contribution in [2.45, 2.75) is 12.2 Å². The van der Waals surface area contributed by atoms with Crippen molar-refractivity contribution in [2.24, 2.45) is 0 Å². The van der Waals surface area contributed by atoms with Crippen LogP contribution < -0.4 is 5.32 Å². The minimum absolute atomic E-state index is 0.0242. The van der Waals surface area contributed by atoms with Crippen LogP contribution in [0.5, 0.6) is 0 Å². The Morgan fingerprint density at radius 3 is 2.90 bits per heavy atom. The van der Waals surface area contributed by atoms with Gasteiger partial charge in [0.2, 0.25) is 0 Å². The molecule has 0 aliphatic rings. The van der Waals surface area contributed by atoms with Crippen molar-refractivity contribution in [1.82, 2.24) is 10.3 Å². The van der Waals surface area contributed by atoms with Crippen molar-refractivity contribution in [2.75, 3.05) is 12.8 Å². The van der Waals surface area contributed by atoms with Gasteiger partial charge in [-0.3, -0.25) is 9.78 Å². The molecule has 104 valence electrons. The monoisotopic (exact) mass is 286 g/mol. The second-order valence-corrected chi connectivity index (χ2v) is 5.33. The van der Waals surface area contributed by atoms with Crippen LogP contribution in [0.15, 0.2) is 48.7 Å². The zero-order chi connectivity index (χ0) is 14.2. The van der Waals surface area contributed by atoms with Gasteiger partial charge in [-0.25, -0.2) is 0 Å². The Kier molecular flexibility index (Phi) is 5.62. The smallest absolute Gasteiger partial charge is 0.251 e. The lowest BCUT2D eigenvalue weighted by Gasteiger charge is -2.06. The van der Waals surface area contributed by atoms with Crippen molar-refractivity contribution in [3.8, 4) is 0 Å². The maximum absolute atomic E-state index is 12.1. The first kappa shape index (κ1) is 14.6. The highest BCUT2D eigenvalue weighted by Crippen LogP contribution is 2.11. The third-order valence-electron chi connectivity index (χ3n) is 2.89. The summed E-state index contributed by atoms with van der Waals surface area (Å²) in [5, 5.41) is 2.93. The van der Waals surface area contributed by atoms with E-state index in [1.54, 1.807) is 18.0 Å². The molecule has 4 heteroatoms. The Morgan fingerprint density at radius 1 is 1.25 bits per heavy atom. The van der Waals surface area contributed by atoms with Crippen LogP contribution >= 0.6 is 11.8 Å². The summed E-state index contributed by atoms with van der Waals surface area (Å²) in [4.78, 5) is 16.3. The van der Waals surface area contributed by atoms with Crippen molar-refractivity contribution >= 4 is 17.7 Å². The first-order chi connectivity index (χ1) is 9.79. The Bertz CT molecular complexity index is 557. The molecular weight excluding hydrogens is 268 g/mol. The number of pyridine rings is 1. The van der Waals surface area contributed by atoms with Crippen LogP contribution in [0.1, 0.15) is 21.6 Å². The molecule has 0 bridgehead atoms. The molecule has 0 radical (unpaired) electrons. The summed E-state index contributed by atoms with van der Waals surface area (Å²) in [5.41, 5.74) is 2.89. The van der Waals surface area contributed by atoms with Gasteiger partial charge in [0, 0.05) is 36.2 Å². The number of hydrogen-bond donors (Lipinski definition) is 1. The molecule has 0 aliphatic heterocycles. The lowest BCUT2D eigenvalue weighted by Crippen LogP contribution is -2.25. The fourth-order valence-corrected chi connectivity index (χ4v) is 2.43. The SMILES string of the molecule is CSCc1cccc(C(=O)NCCc2ccccn2)c1. The molecule has 1 amide bonds. The first-order valence-electron chi connectivity index (χ1n) is 6.55. The number of nitrogens with one attached hydrogen (secondary N) is 1. The lowest BCUT2D eigenvalue weighted by molar-refractivity contribution is 0.0954. The molecule has 3 nitrogen and oxygen atoms in total. The molecule has 2 rings (SSSR count). The van der Waals surface area contributed by atoms with Gasteiger partial charge in [-0.2, -0.15) is 11.8 Å². The van der Waals surface area contributed by atoms with Gasteiger partial charge in [0.15, 0.2) is 0 Å². The molecule has 2 aromatic rings. The van der Waals surface area contributed by atoms with E-state index in [4.69, 9.17) is 0 Å². The van der Waals surface area contributed by atoms with Gasteiger partial charge in [0.05, 0.1) is 0 Å². The van der Waals surface area contributed by atoms with Crippen LogP contribution in [0.4, 0.5) is 0 Å². The minimum atomic E-state index is -0.0242. The molecule has 0 saturated carbocycles. The van der Waals surface area contributed by atoms with Gasteiger partial charge in [-0.15, -0.1) is 0 Å². The lowest BCUT2D eigenvalue weighted by atomic mass is 10.1. The third-order valence-corrected chi connectivity index (χ3v) is 3.52. The van der Waals surface area contributed by atoms with E-state index < -0.39 is 0 Å². The second kappa shape index (κ2) is 7.70. The molecule has 1 N–H and O–H groups in total. The van der Waals surface area contributed by atoms with E-state index in [1.807, 2.05) is 42.5 Å². The van der Waals surface area contributed by atoms with Crippen molar-refractivity contribution in [3.63, 3.8) is 0 Å². The Morgan fingerprint density at radius 2 is 2.15 bits per heavy atom. The highest BCUT2D eigenvalue weighted by Gasteiger charge is 2.05. The molecule has 0 unspecified atom stereocenters. The maximum Gasteiger partial charge on any atom is 0.251 e. The van der Waals surface area contributed by atoms with Gasteiger partial charge >= 0.3 is 0 Å². The number of aromatic nitrogens is 1. The number of thioether (sulfide) groups is 1. The van der Waals surface area contributed by atoms with Crippen molar-refractivity contribution in [1.29, 1.82) is 0 Å². The number of amides is 1. The summed E-state index contributed by atoms with van der Waals surface area (Å²) >= 11 is 1.75. The summed E-state index contributed by atoms with van der Waals surface area (Å²) in [5.74, 6) is 0.901.